The third-order valence-electron chi connectivity index (χ3n) is 4.47. The molecule has 0 saturated carbocycles. The fraction of sp³-hybridized carbons (Fsp3) is 0.318. The van der Waals surface area contributed by atoms with E-state index in [0.717, 1.165) is 30.0 Å². The second kappa shape index (κ2) is 8.68. The van der Waals surface area contributed by atoms with Crippen LogP contribution in [0.1, 0.15) is 50.0 Å². The molecule has 0 radical (unpaired) electrons. The van der Waals surface area contributed by atoms with Gasteiger partial charge in [-0.1, -0.05) is 43.7 Å². The number of aryl methyl sites for hydroxylation is 1. The van der Waals surface area contributed by atoms with Crippen molar-refractivity contribution in [2.24, 2.45) is 7.05 Å². The highest BCUT2D eigenvalue weighted by molar-refractivity contribution is 5.34. The van der Waals surface area contributed by atoms with Crippen LogP contribution in [-0.4, -0.2) is 9.78 Å². The Balaban J connectivity index is 1.69. The van der Waals surface area contributed by atoms with E-state index in [2.05, 4.69) is 42.5 Å². The Labute approximate surface area is 155 Å². The van der Waals surface area contributed by atoms with Crippen molar-refractivity contribution in [3.8, 4) is 11.5 Å². The van der Waals surface area contributed by atoms with Crippen LogP contribution in [-0.2, 0) is 7.05 Å². The first-order valence-corrected chi connectivity index (χ1v) is 9.24. The van der Waals surface area contributed by atoms with Crippen LogP contribution in [0.25, 0.3) is 0 Å². The Morgan fingerprint density at radius 3 is 2.31 bits per heavy atom. The lowest BCUT2D eigenvalue weighted by Gasteiger charge is -2.23. The summed E-state index contributed by atoms with van der Waals surface area (Å²) in [4.78, 5) is 0. The number of nitrogens with one attached hydrogen (secondary N) is 1. The zero-order valence-electron chi connectivity index (χ0n) is 15.7. The minimum atomic E-state index is 0.202. The van der Waals surface area contributed by atoms with Crippen molar-refractivity contribution in [1.29, 1.82) is 0 Å². The highest BCUT2D eigenvalue weighted by Crippen LogP contribution is 2.27. The third-order valence-corrected chi connectivity index (χ3v) is 4.47. The molecule has 26 heavy (non-hydrogen) atoms. The number of hydrogen-bond acceptors (Lipinski definition) is 3. The van der Waals surface area contributed by atoms with Gasteiger partial charge in [0.15, 0.2) is 0 Å². The minimum absolute atomic E-state index is 0.202. The summed E-state index contributed by atoms with van der Waals surface area (Å²) in [6.07, 6.45) is 4.18. The van der Waals surface area contributed by atoms with Gasteiger partial charge < -0.3 is 10.1 Å². The van der Waals surface area contributed by atoms with Crippen molar-refractivity contribution >= 4 is 0 Å². The first kappa shape index (κ1) is 18.2. The molecular weight excluding hydrogens is 322 g/mol. The Kier molecular flexibility index (Phi) is 6.08. The predicted octanol–water partition coefficient (Wildman–Crippen LogP) is 5.40. The average Bonchev–Trinajstić information content (AvgIpc) is 3.09. The van der Waals surface area contributed by atoms with Crippen LogP contribution < -0.4 is 10.1 Å². The van der Waals surface area contributed by atoms with Crippen LogP contribution in [0.5, 0.6) is 11.5 Å². The molecular formula is C22H27N3O. The number of benzene rings is 2. The van der Waals surface area contributed by atoms with Crippen LogP contribution in [0.4, 0.5) is 0 Å². The summed E-state index contributed by atoms with van der Waals surface area (Å²) in [6, 6.07) is 20.8. The molecule has 4 nitrogen and oxygen atoms in total. The summed E-state index contributed by atoms with van der Waals surface area (Å²) in [5.41, 5.74) is 2.34. The zero-order chi connectivity index (χ0) is 18.4. The van der Waals surface area contributed by atoms with Gasteiger partial charge in [0, 0.05) is 25.3 Å². The molecule has 2 atom stereocenters. The maximum absolute atomic E-state index is 5.89. The Morgan fingerprint density at radius 2 is 1.69 bits per heavy atom. The average molecular weight is 349 g/mol. The molecule has 0 aliphatic rings. The van der Waals surface area contributed by atoms with Crippen LogP contribution in [0.15, 0.2) is 66.9 Å². The number of hydrogen-bond donors (Lipinski definition) is 1. The van der Waals surface area contributed by atoms with Gasteiger partial charge in [0.1, 0.15) is 11.5 Å². The zero-order valence-corrected chi connectivity index (χ0v) is 15.7. The van der Waals surface area contributed by atoms with Gasteiger partial charge in [-0.3, -0.25) is 4.68 Å². The van der Waals surface area contributed by atoms with E-state index in [1.54, 1.807) is 0 Å². The molecule has 0 amide bonds. The van der Waals surface area contributed by atoms with E-state index in [1.807, 2.05) is 60.4 Å². The summed E-state index contributed by atoms with van der Waals surface area (Å²) in [5.74, 6) is 1.71. The summed E-state index contributed by atoms with van der Waals surface area (Å²) < 4.78 is 7.74. The molecule has 0 aliphatic carbocycles. The molecule has 0 saturated heterocycles. The van der Waals surface area contributed by atoms with Crippen molar-refractivity contribution in [2.75, 3.05) is 0 Å². The van der Waals surface area contributed by atoms with E-state index in [0.29, 0.717) is 6.04 Å². The van der Waals surface area contributed by atoms with Gasteiger partial charge in [-0.05, 0) is 49.2 Å². The SMILES string of the molecule is CCCC(NC(C)c1ccn(C)n1)c1ccc(Oc2ccccc2)cc1. The van der Waals surface area contributed by atoms with Gasteiger partial charge in [-0.2, -0.15) is 5.10 Å². The van der Waals surface area contributed by atoms with Crippen LogP contribution in [0.2, 0.25) is 0 Å². The lowest BCUT2D eigenvalue weighted by Crippen LogP contribution is -2.25. The van der Waals surface area contributed by atoms with Crippen LogP contribution >= 0.6 is 0 Å². The Bertz CT molecular complexity index is 796. The largest absolute Gasteiger partial charge is 0.457 e. The molecule has 3 aromatic rings. The van der Waals surface area contributed by atoms with Crippen molar-refractivity contribution in [3.63, 3.8) is 0 Å². The molecule has 1 aromatic heterocycles. The maximum atomic E-state index is 5.89. The molecule has 2 unspecified atom stereocenters. The van der Waals surface area contributed by atoms with E-state index in [9.17, 15) is 0 Å². The fourth-order valence-corrected chi connectivity index (χ4v) is 3.08. The maximum Gasteiger partial charge on any atom is 0.127 e. The van der Waals surface area contributed by atoms with E-state index >= 15 is 0 Å². The molecule has 0 spiro atoms. The van der Waals surface area contributed by atoms with Crippen molar-refractivity contribution in [3.05, 3.63) is 78.1 Å². The van der Waals surface area contributed by atoms with Gasteiger partial charge in [0.05, 0.1) is 5.69 Å². The molecule has 1 heterocycles. The molecule has 3 rings (SSSR count). The fourth-order valence-electron chi connectivity index (χ4n) is 3.08. The smallest absolute Gasteiger partial charge is 0.127 e. The summed E-state index contributed by atoms with van der Waals surface area (Å²) >= 11 is 0. The van der Waals surface area contributed by atoms with Crippen molar-refractivity contribution in [2.45, 2.75) is 38.8 Å². The predicted molar refractivity (Wildman–Crippen MR) is 105 cm³/mol. The van der Waals surface area contributed by atoms with Gasteiger partial charge in [0.25, 0.3) is 0 Å². The van der Waals surface area contributed by atoms with E-state index in [-0.39, 0.29) is 6.04 Å². The van der Waals surface area contributed by atoms with Crippen molar-refractivity contribution < 1.29 is 4.74 Å². The number of nitrogens with zero attached hydrogens (tertiary/aromatic N) is 2. The van der Waals surface area contributed by atoms with Crippen LogP contribution in [0, 0.1) is 0 Å². The topological polar surface area (TPSA) is 39.1 Å². The minimum Gasteiger partial charge on any atom is -0.457 e. The molecule has 4 heteroatoms. The van der Waals surface area contributed by atoms with Gasteiger partial charge in [-0.25, -0.2) is 0 Å². The monoisotopic (exact) mass is 349 g/mol. The molecule has 136 valence electrons. The van der Waals surface area contributed by atoms with Crippen LogP contribution in [0.3, 0.4) is 0 Å². The lowest BCUT2D eigenvalue weighted by molar-refractivity contribution is 0.430. The normalized spacial score (nSPS) is 13.3. The summed E-state index contributed by atoms with van der Waals surface area (Å²) in [7, 11) is 1.95. The third kappa shape index (κ3) is 4.73. The first-order chi connectivity index (χ1) is 12.7. The molecule has 0 bridgehead atoms. The summed E-state index contributed by atoms with van der Waals surface area (Å²) in [6.45, 7) is 4.38. The molecule has 1 N–H and O–H groups in total. The standard InChI is InChI=1S/C22H27N3O/c1-4-8-22(23-17(2)21-15-16-25(3)24-21)18-11-13-20(14-12-18)26-19-9-6-5-7-10-19/h5-7,9-17,22-23H,4,8H2,1-3H3. The molecule has 2 aromatic carbocycles. The number of ether oxygens (including phenoxy) is 1. The first-order valence-electron chi connectivity index (χ1n) is 9.24. The molecule has 0 aliphatic heterocycles. The van der Waals surface area contributed by atoms with Gasteiger partial charge in [0.2, 0.25) is 0 Å². The Hall–Kier alpha value is -2.59. The Morgan fingerprint density at radius 1 is 1.00 bits per heavy atom. The second-order valence-corrected chi connectivity index (χ2v) is 6.63. The van der Waals surface area contributed by atoms with Gasteiger partial charge in [-0.15, -0.1) is 0 Å². The highest BCUT2D eigenvalue weighted by Gasteiger charge is 2.16. The van der Waals surface area contributed by atoms with Crippen molar-refractivity contribution in [1.82, 2.24) is 15.1 Å². The van der Waals surface area contributed by atoms with E-state index in [4.69, 9.17) is 4.74 Å². The highest BCUT2D eigenvalue weighted by atomic mass is 16.5. The second-order valence-electron chi connectivity index (χ2n) is 6.63. The van der Waals surface area contributed by atoms with Gasteiger partial charge >= 0.3 is 0 Å². The van der Waals surface area contributed by atoms with E-state index < -0.39 is 0 Å². The number of aromatic nitrogens is 2. The quantitative estimate of drug-likeness (QED) is 0.591. The number of para-hydroxylation sites is 1. The lowest BCUT2D eigenvalue weighted by atomic mass is 10.0. The number of rotatable bonds is 8. The molecule has 0 fully saturated rings. The summed E-state index contributed by atoms with van der Waals surface area (Å²) in [5, 5.41) is 8.23. The van der Waals surface area contributed by atoms with E-state index in [1.165, 1.54) is 5.56 Å².